The van der Waals surface area contributed by atoms with Gasteiger partial charge in [-0.25, -0.2) is 0 Å². The molecule has 0 radical (unpaired) electrons. The summed E-state index contributed by atoms with van der Waals surface area (Å²) in [4.78, 5) is 0. The molecule has 2 nitrogen and oxygen atoms in total. The quantitative estimate of drug-likeness (QED) is 0.403. The predicted octanol–water partition coefficient (Wildman–Crippen LogP) is 5.40. The highest BCUT2D eigenvalue weighted by Crippen LogP contribution is 2.30. The van der Waals surface area contributed by atoms with E-state index in [1.165, 1.54) is 17.7 Å². The zero-order valence-electron chi connectivity index (χ0n) is 14.2. The summed E-state index contributed by atoms with van der Waals surface area (Å²) < 4.78 is 12.0. The fourth-order valence-electron chi connectivity index (χ4n) is 2.78. The van der Waals surface area contributed by atoms with Gasteiger partial charge in [0.25, 0.3) is 0 Å². The molecular formula is C18H32O2Si. The third-order valence-electron chi connectivity index (χ3n) is 4.43. The van der Waals surface area contributed by atoms with Crippen LogP contribution in [0.4, 0.5) is 0 Å². The lowest BCUT2D eigenvalue weighted by molar-refractivity contribution is 0.113. The van der Waals surface area contributed by atoms with Gasteiger partial charge in [-0.15, -0.1) is 0 Å². The van der Waals surface area contributed by atoms with Crippen LogP contribution in [0.5, 0.6) is 0 Å². The Kier molecular flexibility index (Phi) is 8.89. The number of ether oxygens (including phenoxy) is 1. The molecule has 0 unspecified atom stereocenters. The maximum absolute atomic E-state index is 6.34. The van der Waals surface area contributed by atoms with E-state index in [1.807, 2.05) is 6.07 Å². The summed E-state index contributed by atoms with van der Waals surface area (Å²) in [5, 5.41) is 0. The van der Waals surface area contributed by atoms with Crippen LogP contribution in [0.1, 0.15) is 46.1 Å². The van der Waals surface area contributed by atoms with E-state index in [9.17, 15) is 0 Å². The number of benzene rings is 1. The Morgan fingerprint density at radius 3 is 2.14 bits per heavy atom. The first-order valence-corrected chi connectivity index (χ1v) is 10.8. The van der Waals surface area contributed by atoms with Gasteiger partial charge >= 0.3 is 0 Å². The minimum absolute atomic E-state index is 0.710. The molecule has 0 fully saturated rings. The fraction of sp³-hybridized carbons (Fsp3) is 0.667. The van der Waals surface area contributed by atoms with Crippen molar-refractivity contribution in [3.8, 4) is 0 Å². The maximum atomic E-state index is 6.34. The Labute approximate surface area is 132 Å². The molecule has 0 spiro atoms. The molecule has 0 aliphatic heterocycles. The van der Waals surface area contributed by atoms with Gasteiger partial charge in [0.15, 0.2) is 8.32 Å². The van der Waals surface area contributed by atoms with Crippen molar-refractivity contribution in [2.75, 3.05) is 13.2 Å². The molecule has 1 aromatic carbocycles. The predicted molar refractivity (Wildman–Crippen MR) is 93.1 cm³/mol. The smallest absolute Gasteiger partial charge is 0.194 e. The lowest BCUT2D eigenvalue weighted by atomic mass is 10.2. The zero-order chi connectivity index (χ0) is 15.6. The number of hydrogen-bond donors (Lipinski definition) is 0. The van der Waals surface area contributed by atoms with Crippen molar-refractivity contribution < 1.29 is 9.16 Å². The van der Waals surface area contributed by atoms with Crippen molar-refractivity contribution in [1.82, 2.24) is 0 Å². The Balaban J connectivity index is 2.11. The van der Waals surface area contributed by atoms with Gasteiger partial charge in [0.05, 0.1) is 6.61 Å². The van der Waals surface area contributed by atoms with E-state index in [1.54, 1.807) is 0 Å². The second-order valence-electron chi connectivity index (χ2n) is 6.02. The fourth-order valence-corrected chi connectivity index (χ4v) is 6.21. The lowest BCUT2D eigenvalue weighted by Crippen LogP contribution is -2.40. The van der Waals surface area contributed by atoms with Crippen LogP contribution in [0.25, 0.3) is 0 Å². The summed E-state index contributed by atoms with van der Waals surface area (Å²) in [5.41, 5.74) is 1.96. The van der Waals surface area contributed by atoms with Crippen LogP contribution < -0.4 is 0 Å². The van der Waals surface area contributed by atoms with E-state index in [-0.39, 0.29) is 0 Å². The first-order valence-electron chi connectivity index (χ1n) is 8.40. The van der Waals surface area contributed by atoms with E-state index >= 15 is 0 Å². The maximum Gasteiger partial charge on any atom is 0.194 e. The SMILES string of the molecule is CC[Si](CC)(OCCCCOCc1ccccc1)C(C)C. The van der Waals surface area contributed by atoms with Gasteiger partial charge in [0.1, 0.15) is 0 Å². The molecule has 120 valence electrons. The molecule has 0 saturated heterocycles. The van der Waals surface area contributed by atoms with Crippen molar-refractivity contribution >= 4 is 8.32 Å². The molecule has 0 amide bonds. The van der Waals surface area contributed by atoms with Crippen LogP contribution in [-0.2, 0) is 15.8 Å². The van der Waals surface area contributed by atoms with Crippen molar-refractivity contribution in [2.45, 2.75) is 64.8 Å². The van der Waals surface area contributed by atoms with E-state index in [2.05, 4.69) is 52.0 Å². The van der Waals surface area contributed by atoms with Crippen LogP contribution in [0.15, 0.2) is 30.3 Å². The second kappa shape index (κ2) is 10.1. The topological polar surface area (TPSA) is 18.5 Å². The van der Waals surface area contributed by atoms with Crippen molar-refractivity contribution in [2.24, 2.45) is 0 Å². The van der Waals surface area contributed by atoms with Crippen LogP contribution in [-0.4, -0.2) is 21.5 Å². The molecule has 0 atom stereocenters. The molecule has 1 rings (SSSR count). The first-order chi connectivity index (χ1) is 10.1. The van der Waals surface area contributed by atoms with Crippen LogP contribution in [0, 0.1) is 0 Å². The minimum Gasteiger partial charge on any atom is -0.417 e. The van der Waals surface area contributed by atoms with Gasteiger partial charge in [-0.05, 0) is 36.0 Å². The van der Waals surface area contributed by atoms with Crippen LogP contribution >= 0.6 is 0 Å². The Morgan fingerprint density at radius 1 is 0.952 bits per heavy atom. The molecule has 21 heavy (non-hydrogen) atoms. The summed E-state index contributed by atoms with van der Waals surface area (Å²) in [6.45, 7) is 11.7. The highest BCUT2D eigenvalue weighted by Gasteiger charge is 2.34. The summed E-state index contributed by atoms with van der Waals surface area (Å²) >= 11 is 0. The number of rotatable bonds is 11. The molecule has 0 N–H and O–H groups in total. The first kappa shape index (κ1) is 18.4. The van der Waals surface area contributed by atoms with Gasteiger partial charge in [-0.3, -0.25) is 0 Å². The zero-order valence-corrected chi connectivity index (χ0v) is 15.2. The summed E-state index contributed by atoms with van der Waals surface area (Å²) in [6, 6.07) is 12.8. The molecule has 3 heteroatoms. The third-order valence-corrected chi connectivity index (χ3v) is 9.71. The van der Waals surface area contributed by atoms with Gasteiger partial charge < -0.3 is 9.16 Å². The molecule has 1 aromatic rings. The van der Waals surface area contributed by atoms with Gasteiger partial charge in [-0.1, -0.05) is 58.0 Å². The monoisotopic (exact) mass is 308 g/mol. The van der Waals surface area contributed by atoms with Gasteiger partial charge in [-0.2, -0.15) is 0 Å². The molecular weight excluding hydrogens is 276 g/mol. The highest BCUT2D eigenvalue weighted by atomic mass is 28.4. The third kappa shape index (κ3) is 6.33. The van der Waals surface area contributed by atoms with Gasteiger partial charge in [0, 0.05) is 13.2 Å². The average molecular weight is 309 g/mol. The van der Waals surface area contributed by atoms with Crippen molar-refractivity contribution in [1.29, 1.82) is 0 Å². The van der Waals surface area contributed by atoms with Crippen molar-refractivity contribution in [3.05, 3.63) is 35.9 Å². The molecule has 0 heterocycles. The Bertz CT molecular complexity index is 361. The number of unbranched alkanes of at least 4 members (excludes halogenated alkanes) is 1. The molecule has 0 bridgehead atoms. The largest absolute Gasteiger partial charge is 0.417 e. The lowest BCUT2D eigenvalue weighted by Gasteiger charge is -2.33. The van der Waals surface area contributed by atoms with E-state index < -0.39 is 8.32 Å². The molecule has 0 aliphatic carbocycles. The molecule has 0 saturated carbocycles. The second-order valence-corrected chi connectivity index (χ2v) is 11.0. The molecule has 0 aromatic heterocycles. The molecule has 0 aliphatic rings. The standard InChI is InChI=1S/C18H32O2Si/c1-5-21(6-2,17(3)4)20-15-11-10-14-19-16-18-12-8-7-9-13-18/h7-9,12-13,17H,5-6,10-11,14-16H2,1-4H3. The van der Waals surface area contributed by atoms with E-state index in [4.69, 9.17) is 9.16 Å². The summed E-state index contributed by atoms with van der Waals surface area (Å²) in [6.07, 6.45) is 2.19. The van der Waals surface area contributed by atoms with E-state index in [0.29, 0.717) is 5.54 Å². The van der Waals surface area contributed by atoms with Crippen LogP contribution in [0.2, 0.25) is 17.6 Å². The van der Waals surface area contributed by atoms with Crippen molar-refractivity contribution in [3.63, 3.8) is 0 Å². The summed E-state index contributed by atoms with van der Waals surface area (Å²) in [7, 11) is -1.48. The summed E-state index contributed by atoms with van der Waals surface area (Å²) in [5.74, 6) is 0. The van der Waals surface area contributed by atoms with Crippen LogP contribution in [0.3, 0.4) is 0 Å². The number of hydrogen-bond acceptors (Lipinski definition) is 2. The van der Waals surface area contributed by atoms with E-state index in [0.717, 1.165) is 32.7 Å². The highest BCUT2D eigenvalue weighted by molar-refractivity contribution is 6.74. The normalized spacial score (nSPS) is 12.0. The minimum atomic E-state index is -1.48. The Morgan fingerprint density at radius 2 is 1.57 bits per heavy atom. The average Bonchev–Trinajstić information content (AvgIpc) is 2.51. The van der Waals surface area contributed by atoms with Gasteiger partial charge in [0.2, 0.25) is 0 Å². The Hall–Kier alpha value is -0.643.